The number of rotatable bonds is 2. The Morgan fingerprint density at radius 2 is 1.91 bits per heavy atom. The molecule has 3 aromatic heterocycles. The van der Waals surface area contributed by atoms with Crippen LogP contribution in [0.3, 0.4) is 0 Å². The molecule has 0 aliphatic rings. The first kappa shape index (κ1) is 13.6. The summed E-state index contributed by atoms with van der Waals surface area (Å²) in [7, 11) is 1.90. The second-order valence-electron chi connectivity index (χ2n) is 5.70. The van der Waals surface area contributed by atoms with Crippen LogP contribution in [0.25, 0.3) is 33.5 Å². The fourth-order valence-electron chi connectivity index (χ4n) is 2.71. The molecule has 0 unspecified atom stereocenters. The van der Waals surface area contributed by atoms with Crippen LogP contribution in [0.15, 0.2) is 36.7 Å². The number of aromatic nitrogens is 6. The summed E-state index contributed by atoms with van der Waals surface area (Å²) >= 11 is 0. The normalized spacial score (nSPS) is 11.3. The average molecular weight is 304 g/mol. The number of fused-ring (bicyclic) bond motifs is 1. The van der Waals surface area contributed by atoms with Crippen LogP contribution in [0.1, 0.15) is 11.4 Å². The Bertz CT molecular complexity index is 1010. The molecule has 6 nitrogen and oxygen atoms in total. The highest BCUT2D eigenvalue weighted by Crippen LogP contribution is 2.27. The van der Waals surface area contributed by atoms with Crippen molar-refractivity contribution < 1.29 is 0 Å². The molecule has 1 aromatic carbocycles. The summed E-state index contributed by atoms with van der Waals surface area (Å²) < 4.78 is 1.78. The van der Waals surface area contributed by atoms with E-state index in [-0.39, 0.29) is 0 Å². The summed E-state index contributed by atoms with van der Waals surface area (Å²) in [6.45, 7) is 3.99. The van der Waals surface area contributed by atoms with E-state index in [1.54, 1.807) is 4.68 Å². The summed E-state index contributed by atoms with van der Waals surface area (Å²) in [6, 6.07) is 8.23. The van der Waals surface area contributed by atoms with Gasteiger partial charge in [0.2, 0.25) is 0 Å². The van der Waals surface area contributed by atoms with Gasteiger partial charge in [-0.2, -0.15) is 10.2 Å². The zero-order chi connectivity index (χ0) is 16.0. The molecule has 3 heterocycles. The van der Waals surface area contributed by atoms with Crippen LogP contribution < -0.4 is 0 Å². The number of pyridine rings is 1. The lowest BCUT2D eigenvalue weighted by molar-refractivity contribution is 0.768. The lowest BCUT2D eigenvalue weighted by Gasteiger charge is -2.06. The molecule has 114 valence electrons. The van der Waals surface area contributed by atoms with Gasteiger partial charge in [-0.05, 0) is 31.5 Å². The van der Waals surface area contributed by atoms with Crippen LogP contribution in [0, 0.1) is 13.8 Å². The van der Waals surface area contributed by atoms with Gasteiger partial charge in [-0.25, -0.2) is 9.97 Å². The predicted molar refractivity (Wildman–Crippen MR) is 88.8 cm³/mol. The highest BCUT2D eigenvalue weighted by atomic mass is 15.2. The molecule has 0 saturated heterocycles. The van der Waals surface area contributed by atoms with Crippen LogP contribution in [0.2, 0.25) is 0 Å². The molecule has 4 rings (SSSR count). The lowest BCUT2D eigenvalue weighted by Crippen LogP contribution is -1.90. The van der Waals surface area contributed by atoms with Crippen molar-refractivity contribution in [2.45, 2.75) is 13.8 Å². The molecular weight excluding hydrogens is 288 g/mol. The lowest BCUT2D eigenvalue weighted by atomic mass is 10.0. The van der Waals surface area contributed by atoms with Crippen molar-refractivity contribution in [2.75, 3.05) is 0 Å². The molecular formula is C17H16N6. The SMILES string of the molecule is Cc1nc(-c2ccc3c(C)cc(-c4cnn(C)c4)nc3c2)n[nH]1. The second-order valence-corrected chi connectivity index (χ2v) is 5.70. The highest BCUT2D eigenvalue weighted by Gasteiger charge is 2.10. The minimum absolute atomic E-state index is 0.690. The van der Waals surface area contributed by atoms with Gasteiger partial charge in [0.25, 0.3) is 0 Å². The topological polar surface area (TPSA) is 72.3 Å². The Balaban J connectivity index is 1.89. The minimum atomic E-state index is 0.690. The highest BCUT2D eigenvalue weighted by molar-refractivity contribution is 5.88. The number of hydrogen-bond donors (Lipinski definition) is 1. The smallest absolute Gasteiger partial charge is 0.181 e. The summed E-state index contributed by atoms with van der Waals surface area (Å²) in [4.78, 5) is 9.18. The standard InChI is InChI=1S/C17H16N6/c1-10-6-15(13-8-18-23(3)9-13)20-16-7-12(4-5-14(10)16)17-19-11(2)21-22-17/h4-9H,1-3H3,(H,19,21,22). The molecule has 1 N–H and O–H groups in total. The molecule has 0 fully saturated rings. The zero-order valence-electron chi connectivity index (χ0n) is 13.2. The van der Waals surface area contributed by atoms with E-state index in [4.69, 9.17) is 4.98 Å². The summed E-state index contributed by atoms with van der Waals surface area (Å²) in [5, 5.41) is 12.5. The van der Waals surface area contributed by atoms with E-state index in [0.29, 0.717) is 5.82 Å². The maximum Gasteiger partial charge on any atom is 0.181 e. The van der Waals surface area contributed by atoms with Crippen molar-refractivity contribution in [3.63, 3.8) is 0 Å². The third kappa shape index (κ3) is 2.38. The number of H-pyrrole nitrogens is 1. The molecule has 6 heteroatoms. The van der Waals surface area contributed by atoms with Crippen molar-refractivity contribution in [3.05, 3.63) is 48.0 Å². The molecule has 0 saturated carbocycles. The Hall–Kier alpha value is -3.02. The maximum absolute atomic E-state index is 4.79. The Morgan fingerprint density at radius 1 is 1.04 bits per heavy atom. The Morgan fingerprint density at radius 3 is 2.61 bits per heavy atom. The van der Waals surface area contributed by atoms with Gasteiger partial charge in [0.05, 0.1) is 17.4 Å². The minimum Gasteiger partial charge on any atom is -0.275 e. The molecule has 4 aromatic rings. The molecule has 0 amide bonds. The zero-order valence-corrected chi connectivity index (χ0v) is 13.2. The van der Waals surface area contributed by atoms with Gasteiger partial charge < -0.3 is 0 Å². The number of nitrogens with one attached hydrogen (secondary N) is 1. The van der Waals surface area contributed by atoms with Gasteiger partial charge in [0.15, 0.2) is 5.82 Å². The number of nitrogens with zero attached hydrogens (tertiary/aromatic N) is 5. The largest absolute Gasteiger partial charge is 0.275 e. The number of aromatic amines is 1. The van der Waals surface area contributed by atoms with Gasteiger partial charge in [0.1, 0.15) is 5.82 Å². The van der Waals surface area contributed by atoms with Crippen LogP contribution >= 0.6 is 0 Å². The number of aryl methyl sites for hydroxylation is 3. The van der Waals surface area contributed by atoms with Crippen LogP contribution in [-0.4, -0.2) is 29.9 Å². The van der Waals surface area contributed by atoms with Gasteiger partial charge >= 0.3 is 0 Å². The predicted octanol–water partition coefficient (Wildman–Crippen LogP) is 3.04. The van der Waals surface area contributed by atoms with Gasteiger partial charge in [-0.1, -0.05) is 12.1 Å². The second kappa shape index (κ2) is 5.01. The molecule has 0 bridgehead atoms. The number of hydrogen-bond acceptors (Lipinski definition) is 4. The van der Waals surface area contributed by atoms with Crippen molar-refractivity contribution in [1.82, 2.24) is 29.9 Å². The average Bonchev–Trinajstić information content (AvgIpc) is 3.15. The summed E-state index contributed by atoms with van der Waals surface area (Å²) in [5.74, 6) is 1.49. The van der Waals surface area contributed by atoms with Gasteiger partial charge in [-0.15, -0.1) is 0 Å². The van der Waals surface area contributed by atoms with Crippen LogP contribution in [0.5, 0.6) is 0 Å². The Kier molecular flexibility index (Phi) is 2.97. The summed E-state index contributed by atoms with van der Waals surface area (Å²) in [5.41, 5.74) is 5.01. The van der Waals surface area contributed by atoms with Gasteiger partial charge in [0, 0.05) is 29.8 Å². The fraction of sp³-hybridized carbons (Fsp3) is 0.176. The van der Waals surface area contributed by atoms with E-state index in [0.717, 1.165) is 33.5 Å². The molecule has 0 atom stereocenters. The van der Waals surface area contributed by atoms with Gasteiger partial charge in [-0.3, -0.25) is 9.78 Å². The third-order valence-corrected chi connectivity index (χ3v) is 3.87. The quantitative estimate of drug-likeness (QED) is 0.618. The first-order chi connectivity index (χ1) is 11.1. The van der Waals surface area contributed by atoms with Crippen molar-refractivity contribution >= 4 is 10.9 Å². The fourth-order valence-corrected chi connectivity index (χ4v) is 2.71. The van der Waals surface area contributed by atoms with Crippen molar-refractivity contribution in [3.8, 4) is 22.6 Å². The molecule has 0 spiro atoms. The summed E-state index contributed by atoms with van der Waals surface area (Å²) in [6.07, 6.45) is 3.80. The van der Waals surface area contributed by atoms with E-state index in [1.807, 2.05) is 38.5 Å². The molecule has 23 heavy (non-hydrogen) atoms. The number of benzene rings is 1. The third-order valence-electron chi connectivity index (χ3n) is 3.87. The van der Waals surface area contributed by atoms with E-state index >= 15 is 0 Å². The molecule has 0 aliphatic carbocycles. The van der Waals surface area contributed by atoms with E-state index < -0.39 is 0 Å². The van der Waals surface area contributed by atoms with Crippen LogP contribution in [0.4, 0.5) is 0 Å². The van der Waals surface area contributed by atoms with E-state index in [1.165, 1.54) is 5.56 Å². The molecule has 0 radical (unpaired) electrons. The molecule has 0 aliphatic heterocycles. The monoisotopic (exact) mass is 304 g/mol. The maximum atomic E-state index is 4.79. The first-order valence-corrected chi connectivity index (χ1v) is 7.40. The van der Waals surface area contributed by atoms with Crippen molar-refractivity contribution in [2.24, 2.45) is 7.05 Å². The Labute approximate surface area is 133 Å². The van der Waals surface area contributed by atoms with E-state index in [2.05, 4.69) is 39.3 Å². The first-order valence-electron chi connectivity index (χ1n) is 7.40. The van der Waals surface area contributed by atoms with E-state index in [9.17, 15) is 0 Å². The van der Waals surface area contributed by atoms with Crippen molar-refractivity contribution in [1.29, 1.82) is 0 Å². The van der Waals surface area contributed by atoms with Crippen LogP contribution in [-0.2, 0) is 7.05 Å².